The number of hydrogen-bond acceptors (Lipinski definition) is 10. The van der Waals surface area contributed by atoms with Crippen LogP contribution in [0.2, 0.25) is 5.02 Å². The number of carbonyl (C=O) groups is 1. The highest BCUT2D eigenvalue weighted by Gasteiger charge is 2.30. The number of halogens is 2. The highest BCUT2D eigenvalue weighted by molar-refractivity contribution is 7.91. The largest absolute Gasteiger partial charge is 0.444 e. The molecule has 0 bridgehead atoms. The average Bonchev–Trinajstić information content (AvgIpc) is 3.49. The number of pyridine rings is 1. The van der Waals surface area contributed by atoms with E-state index in [2.05, 4.69) is 20.3 Å². The standard InChI is InChI=1S/C25H21ClFN5O5S2/c1-5-39(34,35)23-30-7-12-13-9-36-10-14(13)16(18(26)19(12)31-23)20-17-11(6-28)22(32-24(33)37-25(2,3)4)38-21(17)15(27)8-29-20/h7-8H,5,9-10H2,1-4H3,(H,32,33). The van der Waals surface area contributed by atoms with E-state index in [0.29, 0.717) is 22.1 Å². The molecule has 0 fully saturated rings. The summed E-state index contributed by atoms with van der Waals surface area (Å²) in [7, 11) is -3.74. The van der Waals surface area contributed by atoms with Crippen molar-refractivity contribution >= 4 is 64.9 Å². The molecule has 0 saturated heterocycles. The number of hydrogen-bond donors (Lipinski definition) is 1. The molecule has 0 unspecified atom stereocenters. The predicted octanol–water partition coefficient (Wildman–Crippen LogP) is 5.74. The van der Waals surface area contributed by atoms with Gasteiger partial charge < -0.3 is 9.47 Å². The first-order chi connectivity index (χ1) is 18.4. The summed E-state index contributed by atoms with van der Waals surface area (Å²) >= 11 is 7.74. The van der Waals surface area contributed by atoms with Crippen molar-refractivity contribution in [2.75, 3.05) is 11.1 Å². The minimum atomic E-state index is -3.74. The molecule has 1 aliphatic heterocycles. The smallest absolute Gasteiger partial charge is 0.412 e. The molecular weight excluding hydrogens is 569 g/mol. The van der Waals surface area contributed by atoms with Crippen LogP contribution in [0, 0.1) is 17.1 Å². The van der Waals surface area contributed by atoms with Crippen LogP contribution in [-0.2, 0) is 32.5 Å². The number of amides is 1. The number of fused-ring (bicyclic) bond motifs is 4. The normalized spacial score (nSPS) is 13.5. The van der Waals surface area contributed by atoms with E-state index in [-0.39, 0.29) is 61.0 Å². The number of nitrogens with one attached hydrogen (secondary N) is 1. The SMILES string of the molecule is CCS(=O)(=O)c1ncc2c3c(c(-c4ncc(F)c5sc(NC(=O)OC(C)(C)C)c(C#N)c45)c(Cl)c2n1)COC3. The fourth-order valence-corrected chi connectivity index (χ4v) is 6.36. The van der Waals surface area contributed by atoms with E-state index in [4.69, 9.17) is 21.1 Å². The van der Waals surface area contributed by atoms with Crippen LogP contribution in [0.4, 0.5) is 14.2 Å². The van der Waals surface area contributed by atoms with Gasteiger partial charge in [-0.25, -0.2) is 27.6 Å². The third-order valence-corrected chi connectivity index (χ3v) is 8.96. The molecule has 202 valence electrons. The molecule has 39 heavy (non-hydrogen) atoms. The van der Waals surface area contributed by atoms with Crippen molar-refractivity contribution in [1.29, 1.82) is 5.26 Å². The predicted molar refractivity (Wildman–Crippen MR) is 144 cm³/mol. The maximum Gasteiger partial charge on any atom is 0.412 e. The van der Waals surface area contributed by atoms with Crippen LogP contribution in [-0.4, -0.2) is 40.8 Å². The minimum absolute atomic E-state index is 0.0244. The van der Waals surface area contributed by atoms with Crippen LogP contribution >= 0.6 is 22.9 Å². The van der Waals surface area contributed by atoms with Crippen molar-refractivity contribution in [3.05, 3.63) is 39.9 Å². The van der Waals surface area contributed by atoms with E-state index in [1.54, 1.807) is 20.8 Å². The summed E-state index contributed by atoms with van der Waals surface area (Å²) in [6.07, 6.45) is 1.60. The number of anilines is 1. The molecule has 4 aromatic rings. The lowest BCUT2D eigenvalue weighted by atomic mass is 9.94. The fraction of sp³-hybridized carbons (Fsp3) is 0.320. The Balaban J connectivity index is 1.80. The van der Waals surface area contributed by atoms with Crippen LogP contribution in [0.25, 0.3) is 32.2 Å². The van der Waals surface area contributed by atoms with Crippen LogP contribution < -0.4 is 5.32 Å². The summed E-state index contributed by atoms with van der Waals surface area (Å²) in [5.41, 5.74) is 1.17. The number of aromatic nitrogens is 3. The lowest BCUT2D eigenvalue weighted by Crippen LogP contribution is -2.27. The third-order valence-electron chi connectivity index (χ3n) is 5.97. The van der Waals surface area contributed by atoms with Crippen molar-refractivity contribution < 1.29 is 27.1 Å². The molecule has 5 rings (SSSR count). The van der Waals surface area contributed by atoms with E-state index >= 15 is 4.39 Å². The number of carbonyl (C=O) groups excluding carboxylic acids is 1. The highest BCUT2D eigenvalue weighted by Crippen LogP contribution is 2.47. The van der Waals surface area contributed by atoms with Crippen LogP contribution in [0.15, 0.2) is 17.6 Å². The van der Waals surface area contributed by atoms with E-state index in [9.17, 15) is 18.5 Å². The van der Waals surface area contributed by atoms with Gasteiger partial charge >= 0.3 is 6.09 Å². The fourth-order valence-electron chi connectivity index (χ4n) is 4.27. The number of thiophene rings is 1. The first kappa shape index (κ1) is 27.1. The molecule has 0 atom stereocenters. The zero-order chi connectivity index (χ0) is 28.3. The molecular formula is C25H21ClFN5O5S2. The van der Waals surface area contributed by atoms with Gasteiger partial charge in [0.05, 0.1) is 51.7 Å². The number of nitrogens with zero attached hydrogens (tertiary/aromatic N) is 4. The molecule has 0 saturated carbocycles. The van der Waals surface area contributed by atoms with Gasteiger partial charge in [0.1, 0.15) is 16.7 Å². The van der Waals surface area contributed by atoms with Crippen molar-refractivity contribution in [1.82, 2.24) is 15.0 Å². The van der Waals surface area contributed by atoms with Crippen molar-refractivity contribution in [3.8, 4) is 17.3 Å². The lowest BCUT2D eigenvalue weighted by Gasteiger charge is -2.19. The summed E-state index contributed by atoms with van der Waals surface area (Å²) in [5.74, 6) is -0.902. The molecule has 0 aliphatic carbocycles. The van der Waals surface area contributed by atoms with Gasteiger partial charge in [-0.05, 0) is 31.9 Å². The van der Waals surface area contributed by atoms with Gasteiger partial charge in [-0.15, -0.1) is 11.3 Å². The zero-order valence-electron chi connectivity index (χ0n) is 21.2. The summed E-state index contributed by atoms with van der Waals surface area (Å²) in [6, 6.07) is 2.04. The maximum atomic E-state index is 15.0. The Kier molecular flexibility index (Phi) is 6.70. The molecule has 0 spiro atoms. The van der Waals surface area contributed by atoms with Gasteiger partial charge in [0.2, 0.25) is 15.0 Å². The van der Waals surface area contributed by atoms with E-state index in [0.717, 1.165) is 17.5 Å². The van der Waals surface area contributed by atoms with Crippen molar-refractivity contribution in [2.24, 2.45) is 0 Å². The Hall–Kier alpha value is -3.44. The first-order valence-corrected chi connectivity index (χ1v) is 14.5. The summed E-state index contributed by atoms with van der Waals surface area (Å²) in [6.45, 7) is 6.88. The Morgan fingerprint density at radius 3 is 2.67 bits per heavy atom. The first-order valence-electron chi connectivity index (χ1n) is 11.7. The molecule has 0 radical (unpaired) electrons. The number of rotatable bonds is 4. The van der Waals surface area contributed by atoms with Gasteiger partial charge in [0.25, 0.3) is 0 Å². The summed E-state index contributed by atoms with van der Waals surface area (Å²) in [4.78, 5) is 25.1. The second kappa shape index (κ2) is 9.63. The van der Waals surface area contributed by atoms with Crippen molar-refractivity contribution in [3.63, 3.8) is 0 Å². The van der Waals surface area contributed by atoms with E-state index in [1.165, 1.54) is 13.1 Å². The molecule has 1 amide bonds. The Bertz CT molecular complexity index is 1840. The highest BCUT2D eigenvalue weighted by atomic mass is 35.5. The maximum absolute atomic E-state index is 15.0. The number of sulfone groups is 1. The van der Waals surface area contributed by atoms with Crippen LogP contribution in [0.3, 0.4) is 0 Å². The molecule has 10 nitrogen and oxygen atoms in total. The Morgan fingerprint density at radius 1 is 1.28 bits per heavy atom. The Labute approximate surface area is 231 Å². The van der Waals surface area contributed by atoms with Gasteiger partial charge in [-0.1, -0.05) is 18.5 Å². The molecule has 1 N–H and O–H groups in total. The van der Waals surface area contributed by atoms with Gasteiger partial charge in [-0.2, -0.15) is 5.26 Å². The van der Waals surface area contributed by atoms with Crippen LogP contribution in [0.1, 0.15) is 44.4 Å². The second-order valence-corrected chi connectivity index (χ2v) is 13.2. The zero-order valence-corrected chi connectivity index (χ0v) is 23.6. The molecule has 1 aromatic carbocycles. The second-order valence-electron chi connectivity index (χ2n) is 9.66. The third kappa shape index (κ3) is 4.67. The lowest BCUT2D eigenvalue weighted by molar-refractivity contribution is 0.0636. The number of ether oxygens (including phenoxy) is 2. The average molecular weight is 590 g/mol. The van der Waals surface area contributed by atoms with Gasteiger partial charge in [0, 0.05) is 22.5 Å². The molecule has 3 aromatic heterocycles. The quantitative estimate of drug-likeness (QED) is 0.294. The molecule has 4 heterocycles. The number of nitriles is 1. The topological polar surface area (TPSA) is 144 Å². The molecule has 1 aliphatic rings. The van der Waals surface area contributed by atoms with Crippen molar-refractivity contribution in [2.45, 2.75) is 51.7 Å². The van der Waals surface area contributed by atoms with E-state index in [1.807, 2.05) is 6.07 Å². The molecule has 14 heteroatoms. The van der Waals surface area contributed by atoms with Gasteiger partial charge in [-0.3, -0.25) is 10.3 Å². The monoisotopic (exact) mass is 589 g/mol. The summed E-state index contributed by atoms with van der Waals surface area (Å²) < 4.78 is 51.1. The van der Waals surface area contributed by atoms with E-state index < -0.39 is 27.3 Å². The minimum Gasteiger partial charge on any atom is -0.444 e. The number of benzene rings is 1. The van der Waals surface area contributed by atoms with Gasteiger partial charge in [0.15, 0.2) is 5.82 Å². The Morgan fingerprint density at radius 2 is 2.00 bits per heavy atom. The summed E-state index contributed by atoms with van der Waals surface area (Å²) in [5, 5.41) is 13.0. The van der Waals surface area contributed by atoms with Crippen LogP contribution in [0.5, 0.6) is 0 Å².